The van der Waals surface area contributed by atoms with E-state index in [1.54, 1.807) is 6.07 Å². The van der Waals surface area contributed by atoms with Crippen molar-refractivity contribution in [1.82, 2.24) is 5.32 Å². The molecule has 3 heteroatoms. The second-order valence-electron chi connectivity index (χ2n) is 4.13. The first kappa shape index (κ1) is 13.5. The van der Waals surface area contributed by atoms with Crippen LogP contribution in [0, 0.1) is 0 Å². The SMILES string of the molecule is CNC(Oc1cccc(Cl)c1)=C(C)c1ccccc1. The van der Waals surface area contributed by atoms with E-state index in [9.17, 15) is 0 Å². The van der Waals surface area contributed by atoms with Crippen LogP contribution in [0.4, 0.5) is 0 Å². The summed E-state index contributed by atoms with van der Waals surface area (Å²) >= 11 is 5.95. The van der Waals surface area contributed by atoms with Crippen LogP contribution in [0.3, 0.4) is 0 Å². The van der Waals surface area contributed by atoms with Crippen LogP contribution in [0.1, 0.15) is 12.5 Å². The molecule has 0 radical (unpaired) electrons. The largest absolute Gasteiger partial charge is 0.441 e. The van der Waals surface area contributed by atoms with E-state index < -0.39 is 0 Å². The molecule has 0 fully saturated rings. The van der Waals surface area contributed by atoms with E-state index in [-0.39, 0.29) is 0 Å². The van der Waals surface area contributed by atoms with Crippen LogP contribution in [0.25, 0.3) is 5.57 Å². The molecule has 0 spiro atoms. The summed E-state index contributed by atoms with van der Waals surface area (Å²) in [4.78, 5) is 0. The number of ether oxygens (including phenoxy) is 1. The quantitative estimate of drug-likeness (QED) is 0.838. The van der Waals surface area contributed by atoms with Gasteiger partial charge in [-0.05, 0) is 30.7 Å². The number of rotatable bonds is 4. The van der Waals surface area contributed by atoms with Crippen LogP contribution in [0.2, 0.25) is 5.02 Å². The lowest BCUT2D eigenvalue weighted by Crippen LogP contribution is -2.14. The summed E-state index contributed by atoms with van der Waals surface area (Å²) in [5.74, 6) is 1.43. The lowest BCUT2D eigenvalue weighted by molar-refractivity contribution is 0.394. The number of halogens is 1. The Morgan fingerprint density at radius 3 is 2.42 bits per heavy atom. The molecule has 2 aromatic carbocycles. The van der Waals surface area contributed by atoms with Gasteiger partial charge in [0.05, 0.1) is 0 Å². The van der Waals surface area contributed by atoms with Gasteiger partial charge in [-0.3, -0.25) is 0 Å². The van der Waals surface area contributed by atoms with Crippen molar-refractivity contribution in [1.29, 1.82) is 0 Å². The van der Waals surface area contributed by atoms with Gasteiger partial charge in [-0.2, -0.15) is 0 Å². The summed E-state index contributed by atoms with van der Waals surface area (Å²) < 4.78 is 5.84. The van der Waals surface area contributed by atoms with Gasteiger partial charge in [-0.25, -0.2) is 0 Å². The standard InChI is InChI=1S/C16H16ClNO/c1-12(13-7-4-3-5-8-13)16(18-2)19-15-10-6-9-14(17)11-15/h3-11,18H,1-2H3. The van der Waals surface area contributed by atoms with Crippen molar-refractivity contribution in [3.05, 3.63) is 71.1 Å². The van der Waals surface area contributed by atoms with Gasteiger partial charge >= 0.3 is 0 Å². The molecule has 0 unspecified atom stereocenters. The van der Waals surface area contributed by atoms with Gasteiger partial charge in [0.1, 0.15) is 5.75 Å². The predicted molar refractivity (Wildman–Crippen MR) is 80.2 cm³/mol. The van der Waals surface area contributed by atoms with Gasteiger partial charge in [0.25, 0.3) is 0 Å². The molecule has 0 aliphatic rings. The Balaban J connectivity index is 2.29. The molecule has 0 aromatic heterocycles. The van der Waals surface area contributed by atoms with Crippen LogP contribution >= 0.6 is 11.6 Å². The summed E-state index contributed by atoms with van der Waals surface area (Å²) in [5.41, 5.74) is 2.16. The van der Waals surface area contributed by atoms with Crippen molar-refractivity contribution in [2.45, 2.75) is 6.92 Å². The highest BCUT2D eigenvalue weighted by atomic mass is 35.5. The normalized spacial score (nSPS) is 11.7. The summed E-state index contributed by atoms with van der Waals surface area (Å²) in [5, 5.41) is 3.74. The molecule has 98 valence electrons. The third-order valence-corrected chi connectivity index (χ3v) is 3.03. The molecule has 2 rings (SSSR count). The van der Waals surface area contributed by atoms with Crippen molar-refractivity contribution in [2.24, 2.45) is 0 Å². The van der Waals surface area contributed by atoms with Gasteiger partial charge in [-0.15, -0.1) is 0 Å². The molecular weight excluding hydrogens is 258 g/mol. The second-order valence-corrected chi connectivity index (χ2v) is 4.57. The number of benzene rings is 2. The van der Waals surface area contributed by atoms with Crippen LogP contribution in [0.15, 0.2) is 60.5 Å². The zero-order valence-corrected chi connectivity index (χ0v) is 11.7. The molecule has 0 aliphatic heterocycles. The summed E-state index contributed by atoms with van der Waals surface area (Å²) in [7, 11) is 1.84. The Kier molecular flexibility index (Phi) is 4.48. The molecular formula is C16H16ClNO. The van der Waals surface area contributed by atoms with E-state index >= 15 is 0 Å². The van der Waals surface area contributed by atoms with Crippen LogP contribution in [-0.4, -0.2) is 7.05 Å². The first-order valence-corrected chi connectivity index (χ1v) is 6.46. The fourth-order valence-electron chi connectivity index (χ4n) is 1.78. The molecule has 0 amide bonds. The Labute approximate surface area is 118 Å². The smallest absolute Gasteiger partial charge is 0.196 e. The molecule has 19 heavy (non-hydrogen) atoms. The van der Waals surface area contributed by atoms with Crippen LogP contribution in [-0.2, 0) is 0 Å². The van der Waals surface area contributed by atoms with Crippen molar-refractivity contribution >= 4 is 17.2 Å². The third kappa shape index (κ3) is 3.52. The average molecular weight is 274 g/mol. The van der Waals surface area contributed by atoms with Crippen molar-refractivity contribution in [3.63, 3.8) is 0 Å². The monoisotopic (exact) mass is 273 g/mol. The molecule has 1 N–H and O–H groups in total. The predicted octanol–water partition coefficient (Wildman–Crippen LogP) is 4.33. The first-order chi connectivity index (χ1) is 9.20. The number of hydrogen-bond acceptors (Lipinski definition) is 2. The van der Waals surface area contributed by atoms with E-state index in [1.807, 2.05) is 62.5 Å². The highest BCUT2D eigenvalue weighted by Gasteiger charge is 2.06. The fraction of sp³-hybridized carbons (Fsp3) is 0.125. The summed E-state index contributed by atoms with van der Waals surface area (Å²) in [6, 6.07) is 17.5. The zero-order valence-electron chi connectivity index (χ0n) is 11.0. The lowest BCUT2D eigenvalue weighted by atomic mass is 10.1. The Morgan fingerprint density at radius 2 is 1.79 bits per heavy atom. The Morgan fingerprint density at radius 1 is 1.05 bits per heavy atom. The molecule has 0 aliphatic carbocycles. The maximum atomic E-state index is 5.95. The highest BCUT2D eigenvalue weighted by molar-refractivity contribution is 6.30. The lowest BCUT2D eigenvalue weighted by Gasteiger charge is -2.13. The molecule has 2 nitrogen and oxygen atoms in total. The van der Waals surface area contributed by atoms with Gasteiger partial charge in [-0.1, -0.05) is 48.0 Å². The first-order valence-electron chi connectivity index (χ1n) is 6.08. The molecule has 0 heterocycles. The maximum Gasteiger partial charge on any atom is 0.196 e. The minimum absolute atomic E-state index is 0.658. The molecule has 0 saturated carbocycles. The summed E-state index contributed by atoms with van der Waals surface area (Å²) in [6.45, 7) is 2.02. The topological polar surface area (TPSA) is 21.3 Å². The van der Waals surface area contributed by atoms with E-state index in [1.165, 1.54) is 0 Å². The van der Waals surface area contributed by atoms with E-state index in [4.69, 9.17) is 16.3 Å². The minimum atomic E-state index is 0.658. The zero-order chi connectivity index (χ0) is 13.7. The maximum absolute atomic E-state index is 5.95. The van der Waals surface area contributed by atoms with Crippen LogP contribution in [0.5, 0.6) is 5.75 Å². The second kappa shape index (κ2) is 6.30. The number of nitrogens with one attached hydrogen (secondary N) is 1. The van der Waals surface area contributed by atoms with E-state index in [0.29, 0.717) is 16.7 Å². The van der Waals surface area contributed by atoms with Crippen molar-refractivity contribution < 1.29 is 4.74 Å². The van der Waals surface area contributed by atoms with Crippen molar-refractivity contribution in [2.75, 3.05) is 7.05 Å². The number of hydrogen-bond donors (Lipinski definition) is 1. The minimum Gasteiger partial charge on any atom is -0.441 e. The van der Waals surface area contributed by atoms with E-state index in [0.717, 1.165) is 11.1 Å². The molecule has 2 aromatic rings. The van der Waals surface area contributed by atoms with Gasteiger partial charge in [0.15, 0.2) is 5.88 Å². The van der Waals surface area contributed by atoms with Gasteiger partial charge < -0.3 is 10.1 Å². The van der Waals surface area contributed by atoms with Gasteiger partial charge in [0, 0.05) is 17.6 Å². The van der Waals surface area contributed by atoms with Crippen LogP contribution < -0.4 is 10.1 Å². The van der Waals surface area contributed by atoms with E-state index in [2.05, 4.69) is 5.32 Å². The van der Waals surface area contributed by atoms with Gasteiger partial charge in [0.2, 0.25) is 0 Å². The Hall–Kier alpha value is -1.93. The Bertz CT molecular complexity index is 578. The molecule has 0 saturated heterocycles. The third-order valence-electron chi connectivity index (χ3n) is 2.79. The fourth-order valence-corrected chi connectivity index (χ4v) is 1.96. The average Bonchev–Trinajstić information content (AvgIpc) is 2.45. The summed E-state index contributed by atoms with van der Waals surface area (Å²) in [6.07, 6.45) is 0. The number of allylic oxidation sites excluding steroid dienone is 1. The molecule has 0 bridgehead atoms. The highest BCUT2D eigenvalue weighted by Crippen LogP contribution is 2.22. The van der Waals surface area contributed by atoms with Crippen molar-refractivity contribution in [3.8, 4) is 5.75 Å². The molecule has 0 atom stereocenters.